The Labute approximate surface area is 113 Å². The molecule has 1 atom stereocenters. The van der Waals surface area contributed by atoms with Gasteiger partial charge in [0.1, 0.15) is 5.82 Å². The van der Waals surface area contributed by atoms with Crippen molar-refractivity contribution in [1.29, 1.82) is 0 Å². The van der Waals surface area contributed by atoms with E-state index in [-0.39, 0.29) is 5.91 Å². The number of rotatable bonds is 4. The monoisotopic (exact) mass is 259 g/mol. The van der Waals surface area contributed by atoms with Crippen LogP contribution in [0.1, 0.15) is 51.0 Å². The van der Waals surface area contributed by atoms with E-state index in [2.05, 4.69) is 22.6 Å². The van der Waals surface area contributed by atoms with Crippen molar-refractivity contribution >= 4 is 11.7 Å². The first-order chi connectivity index (χ1) is 9.33. The maximum Gasteiger partial charge on any atom is 0.226 e. The van der Waals surface area contributed by atoms with Gasteiger partial charge in [0.15, 0.2) is 0 Å². The van der Waals surface area contributed by atoms with Crippen LogP contribution in [0.2, 0.25) is 0 Å². The van der Waals surface area contributed by atoms with Gasteiger partial charge in [-0.15, -0.1) is 0 Å². The lowest BCUT2D eigenvalue weighted by molar-refractivity contribution is -0.116. The lowest BCUT2D eigenvalue weighted by atomic mass is 10.1. The Morgan fingerprint density at radius 2 is 2.21 bits per heavy atom. The van der Waals surface area contributed by atoms with Gasteiger partial charge in [0.2, 0.25) is 5.91 Å². The van der Waals surface area contributed by atoms with Gasteiger partial charge in [-0.1, -0.05) is 25.0 Å². The van der Waals surface area contributed by atoms with E-state index >= 15 is 0 Å². The van der Waals surface area contributed by atoms with Crippen molar-refractivity contribution in [3.8, 4) is 0 Å². The quantitative estimate of drug-likeness (QED) is 0.843. The van der Waals surface area contributed by atoms with E-state index in [9.17, 15) is 4.79 Å². The average molecular weight is 259 g/mol. The Morgan fingerprint density at radius 3 is 2.95 bits per heavy atom. The predicted molar refractivity (Wildman–Crippen MR) is 74.8 cm³/mol. The summed E-state index contributed by atoms with van der Waals surface area (Å²) in [4.78, 5) is 12.0. The second-order valence-corrected chi connectivity index (χ2v) is 5.62. The number of nitrogens with one attached hydrogen (secondary N) is 1. The fourth-order valence-electron chi connectivity index (χ4n) is 3.15. The van der Waals surface area contributed by atoms with Crippen LogP contribution >= 0.6 is 0 Å². The molecule has 1 unspecified atom stereocenters. The smallest absolute Gasteiger partial charge is 0.226 e. The molecule has 4 nitrogen and oxygen atoms in total. The van der Waals surface area contributed by atoms with Crippen molar-refractivity contribution in [2.45, 2.75) is 51.0 Å². The fraction of sp³-hybridized carbons (Fsp3) is 0.600. The Kier molecular flexibility index (Phi) is 3.67. The largest absolute Gasteiger partial charge is 0.311 e. The van der Waals surface area contributed by atoms with Crippen LogP contribution in [0.25, 0.3) is 0 Å². The molecule has 1 fully saturated rings. The van der Waals surface area contributed by atoms with Gasteiger partial charge in [-0.25, -0.2) is 4.68 Å². The van der Waals surface area contributed by atoms with E-state index in [4.69, 9.17) is 0 Å². The summed E-state index contributed by atoms with van der Waals surface area (Å²) >= 11 is 0. The van der Waals surface area contributed by atoms with Crippen LogP contribution in [0.4, 0.5) is 5.82 Å². The highest BCUT2D eigenvalue weighted by Crippen LogP contribution is 2.31. The Bertz CT molecular complexity index is 471. The van der Waals surface area contributed by atoms with Crippen LogP contribution in [0.3, 0.4) is 0 Å². The molecule has 0 bridgehead atoms. The summed E-state index contributed by atoms with van der Waals surface area (Å²) in [5.41, 5.74) is 0. The van der Waals surface area contributed by atoms with E-state index < -0.39 is 0 Å². The molecular formula is C15H21N3O. The van der Waals surface area contributed by atoms with E-state index in [1.165, 1.54) is 25.7 Å². The predicted octanol–water partition coefficient (Wildman–Crippen LogP) is 3.29. The summed E-state index contributed by atoms with van der Waals surface area (Å²) < 4.78 is 2.00. The van der Waals surface area contributed by atoms with Crippen molar-refractivity contribution in [3.05, 3.63) is 24.4 Å². The first-order valence-corrected chi connectivity index (χ1v) is 7.33. The second kappa shape index (κ2) is 5.59. The third-order valence-corrected chi connectivity index (χ3v) is 4.17. The van der Waals surface area contributed by atoms with Gasteiger partial charge < -0.3 is 5.32 Å². The van der Waals surface area contributed by atoms with E-state index in [0.717, 1.165) is 18.7 Å². The number of hydrogen-bond acceptors (Lipinski definition) is 2. The molecule has 1 heterocycles. The summed E-state index contributed by atoms with van der Waals surface area (Å²) in [5.74, 6) is 1.39. The zero-order chi connectivity index (χ0) is 13.1. The molecule has 2 aliphatic rings. The summed E-state index contributed by atoms with van der Waals surface area (Å²) in [6, 6.07) is 2.37. The van der Waals surface area contributed by atoms with Gasteiger partial charge >= 0.3 is 0 Å². The molecule has 1 saturated carbocycles. The minimum Gasteiger partial charge on any atom is -0.311 e. The number of amides is 1. The second-order valence-electron chi connectivity index (χ2n) is 5.62. The first kappa shape index (κ1) is 12.5. The topological polar surface area (TPSA) is 46.9 Å². The molecule has 2 aliphatic carbocycles. The van der Waals surface area contributed by atoms with Gasteiger partial charge in [-0.3, -0.25) is 4.79 Å². The van der Waals surface area contributed by atoms with Crippen LogP contribution < -0.4 is 5.32 Å². The Balaban J connectivity index is 1.61. The van der Waals surface area contributed by atoms with Crippen molar-refractivity contribution < 1.29 is 4.79 Å². The minimum atomic E-state index is 0.108. The number of anilines is 1. The number of allylic oxidation sites excluding steroid dienone is 2. The molecular weight excluding hydrogens is 238 g/mol. The number of nitrogens with zero attached hydrogens (tertiary/aromatic N) is 2. The number of hydrogen-bond donors (Lipinski definition) is 1. The molecule has 19 heavy (non-hydrogen) atoms. The van der Waals surface area contributed by atoms with E-state index in [1.807, 2.05) is 10.7 Å². The van der Waals surface area contributed by atoms with Gasteiger partial charge in [-0.05, 0) is 31.6 Å². The molecule has 0 radical (unpaired) electrons. The molecule has 3 rings (SSSR count). The highest BCUT2D eigenvalue weighted by atomic mass is 16.1. The SMILES string of the molecule is O=C(CC1C=CCC1)Nc1ccnn1C1CCCC1. The molecule has 0 spiro atoms. The average Bonchev–Trinajstić information content (AvgIpc) is 3.09. The van der Waals surface area contributed by atoms with Gasteiger partial charge in [0, 0.05) is 12.5 Å². The third kappa shape index (κ3) is 2.88. The third-order valence-electron chi connectivity index (χ3n) is 4.17. The number of carbonyl (C=O) groups excluding carboxylic acids is 1. The summed E-state index contributed by atoms with van der Waals surface area (Å²) in [5, 5.41) is 7.39. The maximum atomic E-state index is 12.0. The minimum absolute atomic E-state index is 0.108. The van der Waals surface area contributed by atoms with Crippen LogP contribution in [-0.4, -0.2) is 15.7 Å². The molecule has 1 aromatic rings. The zero-order valence-electron chi connectivity index (χ0n) is 11.2. The molecule has 0 saturated heterocycles. The Hall–Kier alpha value is -1.58. The molecule has 102 valence electrons. The fourth-order valence-corrected chi connectivity index (χ4v) is 3.15. The highest BCUT2D eigenvalue weighted by molar-refractivity contribution is 5.90. The highest BCUT2D eigenvalue weighted by Gasteiger charge is 2.21. The molecule has 0 aromatic carbocycles. The summed E-state index contributed by atoms with van der Waals surface area (Å²) in [6.07, 6.45) is 13.8. The lowest BCUT2D eigenvalue weighted by Crippen LogP contribution is -2.19. The normalized spacial score (nSPS) is 23.1. The van der Waals surface area contributed by atoms with Gasteiger partial charge in [0.25, 0.3) is 0 Å². The lowest BCUT2D eigenvalue weighted by Gasteiger charge is -2.15. The Morgan fingerprint density at radius 1 is 1.37 bits per heavy atom. The van der Waals surface area contributed by atoms with Gasteiger partial charge in [-0.2, -0.15) is 5.10 Å². The molecule has 1 amide bonds. The standard InChI is InChI=1S/C15H21N3O/c19-15(11-12-5-1-2-6-12)17-14-9-10-16-18(14)13-7-3-4-8-13/h1,5,9-10,12-13H,2-4,6-8,11H2,(H,17,19). The molecule has 1 N–H and O–H groups in total. The first-order valence-electron chi connectivity index (χ1n) is 7.33. The summed E-state index contributed by atoms with van der Waals surface area (Å²) in [7, 11) is 0. The number of aromatic nitrogens is 2. The molecule has 1 aromatic heterocycles. The zero-order valence-corrected chi connectivity index (χ0v) is 11.2. The van der Waals surface area contributed by atoms with Crippen molar-refractivity contribution in [2.75, 3.05) is 5.32 Å². The molecule has 0 aliphatic heterocycles. The summed E-state index contributed by atoms with van der Waals surface area (Å²) in [6.45, 7) is 0. The van der Waals surface area contributed by atoms with Crippen molar-refractivity contribution in [3.63, 3.8) is 0 Å². The van der Waals surface area contributed by atoms with E-state index in [1.54, 1.807) is 6.20 Å². The van der Waals surface area contributed by atoms with Crippen LogP contribution in [-0.2, 0) is 4.79 Å². The van der Waals surface area contributed by atoms with Crippen LogP contribution in [0, 0.1) is 5.92 Å². The van der Waals surface area contributed by atoms with Crippen LogP contribution in [0.15, 0.2) is 24.4 Å². The van der Waals surface area contributed by atoms with Crippen molar-refractivity contribution in [2.24, 2.45) is 5.92 Å². The van der Waals surface area contributed by atoms with Crippen LogP contribution in [0.5, 0.6) is 0 Å². The maximum absolute atomic E-state index is 12.0. The van der Waals surface area contributed by atoms with Gasteiger partial charge in [0.05, 0.1) is 12.2 Å². The van der Waals surface area contributed by atoms with E-state index in [0.29, 0.717) is 18.4 Å². The van der Waals surface area contributed by atoms with Crippen molar-refractivity contribution in [1.82, 2.24) is 9.78 Å². The molecule has 4 heteroatoms. The number of carbonyl (C=O) groups is 1.